The lowest BCUT2D eigenvalue weighted by atomic mass is 9.95. The van der Waals surface area contributed by atoms with Crippen molar-refractivity contribution in [1.29, 1.82) is 0 Å². The third-order valence-corrected chi connectivity index (χ3v) is 6.49. The van der Waals surface area contributed by atoms with E-state index in [2.05, 4.69) is 27.4 Å². The molecule has 0 spiro atoms. The predicted octanol–water partition coefficient (Wildman–Crippen LogP) is 1.92. The molecule has 5 heterocycles. The topological polar surface area (TPSA) is 79.4 Å². The highest BCUT2D eigenvalue weighted by molar-refractivity contribution is 6.05. The van der Waals surface area contributed by atoms with Gasteiger partial charge >= 0.3 is 0 Å². The number of halogens is 1. The summed E-state index contributed by atoms with van der Waals surface area (Å²) in [6.45, 7) is 6.67. The number of aromatic nitrogens is 2. The van der Waals surface area contributed by atoms with E-state index in [1.807, 2.05) is 6.92 Å². The first-order valence-electron chi connectivity index (χ1n) is 9.75. The molecule has 2 saturated heterocycles. The number of aryl methyl sites for hydroxylation is 1. The Morgan fingerprint density at radius 3 is 3.00 bits per heavy atom. The Morgan fingerprint density at radius 1 is 1.46 bits per heavy atom. The molecule has 0 radical (unpaired) electrons. The van der Waals surface area contributed by atoms with Crippen LogP contribution in [0.25, 0.3) is 10.8 Å². The van der Waals surface area contributed by atoms with Crippen molar-refractivity contribution in [2.24, 2.45) is 0 Å². The molecular formula is C20H24FN5O2. The summed E-state index contributed by atoms with van der Waals surface area (Å²) in [5.41, 5.74) is 0.696. The van der Waals surface area contributed by atoms with Crippen molar-refractivity contribution >= 4 is 22.5 Å². The van der Waals surface area contributed by atoms with Crippen molar-refractivity contribution in [1.82, 2.24) is 20.6 Å². The van der Waals surface area contributed by atoms with Gasteiger partial charge in [0, 0.05) is 30.6 Å². The van der Waals surface area contributed by atoms with Crippen LogP contribution in [-0.2, 0) is 0 Å². The van der Waals surface area contributed by atoms with Gasteiger partial charge in [-0.15, -0.1) is 0 Å². The number of anilines is 1. The molecule has 3 aliphatic heterocycles. The van der Waals surface area contributed by atoms with Crippen molar-refractivity contribution in [3.05, 3.63) is 23.3 Å². The highest BCUT2D eigenvalue weighted by Gasteiger charge is 2.51. The van der Waals surface area contributed by atoms with Crippen LogP contribution in [0.2, 0.25) is 0 Å². The average Bonchev–Trinajstić information content (AvgIpc) is 2.91. The first-order valence-corrected chi connectivity index (χ1v) is 9.75. The fourth-order valence-electron chi connectivity index (χ4n) is 5.23. The fourth-order valence-corrected chi connectivity index (χ4v) is 5.23. The zero-order chi connectivity index (χ0) is 19.8. The Bertz CT molecular complexity index is 1010. The molecule has 3 aliphatic rings. The molecule has 2 bridgehead atoms. The van der Waals surface area contributed by atoms with E-state index in [-0.39, 0.29) is 35.3 Å². The standard InChI is InChI=1S/C20H24FN5O2/c1-9-13-11(21)7-23-19-14(13)17(24-15(9)18(27)22-4)26-8-20(3)6-5-12(25-20)16(26)10(2)28-19/h7,10,12,16,25H,5-6,8H2,1-4H3,(H,22,27). The third kappa shape index (κ3) is 2.27. The van der Waals surface area contributed by atoms with Gasteiger partial charge in [-0.2, -0.15) is 0 Å². The second kappa shape index (κ2) is 5.76. The summed E-state index contributed by atoms with van der Waals surface area (Å²) in [6.07, 6.45) is 3.12. The van der Waals surface area contributed by atoms with Gasteiger partial charge in [-0.25, -0.2) is 14.4 Å². The van der Waals surface area contributed by atoms with Gasteiger partial charge in [0.1, 0.15) is 23.4 Å². The molecule has 0 saturated carbocycles. The molecule has 1 amide bonds. The van der Waals surface area contributed by atoms with E-state index in [0.29, 0.717) is 28.0 Å². The molecule has 2 fully saturated rings. The first kappa shape index (κ1) is 17.6. The van der Waals surface area contributed by atoms with Gasteiger partial charge in [0.2, 0.25) is 5.88 Å². The smallest absolute Gasteiger partial charge is 0.270 e. The normalized spacial score (nSPS) is 30.6. The molecule has 2 N–H and O–H groups in total. The molecule has 0 aromatic carbocycles. The number of nitrogens with one attached hydrogen (secondary N) is 2. The van der Waals surface area contributed by atoms with Crippen molar-refractivity contribution in [2.75, 3.05) is 18.5 Å². The fraction of sp³-hybridized carbons (Fsp3) is 0.550. The Kier molecular flexibility index (Phi) is 3.62. The SMILES string of the molecule is CNC(=O)c1nc2c3c(ncc(F)c3c1C)OC(C)C1C3CCC(C)(CN21)N3. The molecule has 2 aromatic heterocycles. The monoisotopic (exact) mass is 385 g/mol. The summed E-state index contributed by atoms with van der Waals surface area (Å²) in [4.78, 5) is 23.7. The minimum absolute atomic E-state index is 0.0313. The van der Waals surface area contributed by atoms with E-state index < -0.39 is 5.82 Å². The van der Waals surface area contributed by atoms with Gasteiger partial charge in [0.25, 0.3) is 5.91 Å². The van der Waals surface area contributed by atoms with Crippen LogP contribution < -0.4 is 20.3 Å². The second-order valence-electron chi connectivity index (χ2n) is 8.44. The molecular weight excluding hydrogens is 361 g/mol. The van der Waals surface area contributed by atoms with Crippen LogP contribution >= 0.6 is 0 Å². The molecule has 148 valence electrons. The molecule has 2 aromatic rings. The van der Waals surface area contributed by atoms with E-state index in [4.69, 9.17) is 9.72 Å². The van der Waals surface area contributed by atoms with Gasteiger partial charge in [0.05, 0.1) is 17.6 Å². The number of piperazine rings is 1. The van der Waals surface area contributed by atoms with Crippen molar-refractivity contribution in [2.45, 2.75) is 57.3 Å². The molecule has 7 nitrogen and oxygen atoms in total. The maximum atomic E-state index is 14.9. The van der Waals surface area contributed by atoms with E-state index in [1.54, 1.807) is 14.0 Å². The van der Waals surface area contributed by atoms with Crippen LogP contribution in [-0.4, -0.2) is 53.2 Å². The van der Waals surface area contributed by atoms with Crippen LogP contribution in [0.4, 0.5) is 10.2 Å². The lowest BCUT2D eigenvalue weighted by molar-refractivity contribution is 0.0957. The molecule has 4 unspecified atom stereocenters. The molecule has 0 aliphatic carbocycles. The maximum absolute atomic E-state index is 14.9. The molecule has 5 rings (SSSR count). The zero-order valence-corrected chi connectivity index (χ0v) is 16.5. The second-order valence-corrected chi connectivity index (χ2v) is 8.44. The van der Waals surface area contributed by atoms with Gasteiger partial charge < -0.3 is 20.3 Å². The van der Waals surface area contributed by atoms with Crippen molar-refractivity contribution < 1.29 is 13.9 Å². The van der Waals surface area contributed by atoms with E-state index in [9.17, 15) is 9.18 Å². The van der Waals surface area contributed by atoms with Crippen LogP contribution in [0.1, 0.15) is 42.7 Å². The third-order valence-electron chi connectivity index (χ3n) is 6.49. The highest BCUT2D eigenvalue weighted by Crippen LogP contribution is 2.45. The van der Waals surface area contributed by atoms with E-state index >= 15 is 0 Å². The van der Waals surface area contributed by atoms with Crippen LogP contribution in [0.3, 0.4) is 0 Å². The minimum Gasteiger partial charge on any atom is -0.472 e. The van der Waals surface area contributed by atoms with E-state index in [1.165, 1.54) is 6.20 Å². The summed E-state index contributed by atoms with van der Waals surface area (Å²) in [5.74, 6) is 0.181. The number of hydrogen-bond donors (Lipinski definition) is 2. The number of ether oxygens (including phenoxy) is 1. The Labute approximate surface area is 162 Å². The van der Waals surface area contributed by atoms with Gasteiger partial charge in [-0.05, 0) is 39.2 Å². The summed E-state index contributed by atoms with van der Waals surface area (Å²) in [6, 6.07) is 0.276. The van der Waals surface area contributed by atoms with Crippen LogP contribution in [0, 0.1) is 12.7 Å². The summed E-state index contributed by atoms with van der Waals surface area (Å²) in [7, 11) is 1.56. The quantitative estimate of drug-likeness (QED) is 0.781. The largest absolute Gasteiger partial charge is 0.472 e. The number of rotatable bonds is 1. The Balaban J connectivity index is 1.84. The maximum Gasteiger partial charge on any atom is 0.270 e. The Morgan fingerprint density at radius 2 is 2.25 bits per heavy atom. The van der Waals surface area contributed by atoms with Gasteiger partial charge in [0.15, 0.2) is 0 Å². The highest BCUT2D eigenvalue weighted by atomic mass is 19.1. The molecule has 8 heteroatoms. The lowest BCUT2D eigenvalue weighted by Crippen LogP contribution is -2.66. The zero-order valence-electron chi connectivity index (χ0n) is 16.5. The number of carbonyl (C=O) groups excluding carboxylic acids is 1. The summed E-state index contributed by atoms with van der Waals surface area (Å²) >= 11 is 0. The number of amides is 1. The molecule has 4 atom stereocenters. The van der Waals surface area contributed by atoms with Crippen molar-refractivity contribution in [3.63, 3.8) is 0 Å². The van der Waals surface area contributed by atoms with E-state index in [0.717, 1.165) is 19.4 Å². The minimum atomic E-state index is -0.468. The number of pyridine rings is 2. The number of hydrogen-bond acceptors (Lipinski definition) is 6. The molecule has 28 heavy (non-hydrogen) atoms. The lowest BCUT2D eigenvalue weighted by Gasteiger charge is -2.46. The summed E-state index contributed by atoms with van der Waals surface area (Å²) in [5, 5.41) is 7.27. The first-order chi connectivity index (χ1) is 13.3. The van der Waals surface area contributed by atoms with Crippen LogP contribution in [0.15, 0.2) is 6.20 Å². The van der Waals surface area contributed by atoms with Gasteiger partial charge in [-0.3, -0.25) is 4.79 Å². The number of nitrogens with zero attached hydrogens (tertiary/aromatic N) is 3. The average molecular weight is 385 g/mol. The Hall–Kier alpha value is -2.48. The van der Waals surface area contributed by atoms with Crippen molar-refractivity contribution in [3.8, 4) is 5.88 Å². The number of carbonyl (C=O) groups is 1. The number of fused-ring (bicyclic) bond motifs is 5. The summed E-state index contributed by atoms with van der Waals surface area (Å²) < 4.78 is 21.1. The predicted molar refractivity (Wildman–Crippen MR) is 103 cm³/mol. The van der Waals surface area contributed by atoms with Gasteiger partial charge in [-0.1, -0.05) is 0 Å². The van der Waals surface area contributed by atoms with Crippen LogP contribution in [0.5, 0.6) is 5.88 Å².